The molecule has 0 aliphatic heterocycles. The Hall–Kier alpha value is -2.78. The van der Waals surface area contributed by atoms with Crippen molar-refractivity contribution in [1.82, 2.24) is 0 Å². The Morgan fingerprint density at radius 1 is 1.12 bits per heavy atom. The number of anilines is 1. The second-order valence-corrected chi connectivity index (χ2v) is 7.15. The van der Waals surface area contributed by atoms with Gasteiger partial charge in [0, 0.05) is 11.3 Å². The van der Waals surface area contributed by atoms with E-state index in [1.807, 2.05) is 0 Å². The van der Waals surface area contributed by atoms with E-state index >= 15 is 0 Å². The number of rotatable bonds is 7. The van der Waals surface area contributed by atoms with E-state index in [0.29, 0.717) is 0 Å². The Morgan fingerprint density at radius 3 is 2.42 bits per heavy atom. The molecule has 2 rings (SSSR count). The zero-order valence-electron chi connectivity index (χ0n) is 12.9. The van der Waals surface area contributed by atoms with Gasteiger partial charge >= 0.3 is 5.97 Å². The number of nitrogens with one attached hydrogen (secondary N) is 1. The van der Waals surface area contributed by atoms with Crippen LogP contribution in [-0.2, 0) is 19.6 Å². The quantitative estimate of drug-likeness (QED) is 0.419. The van der Waals surface area contributed by atoms with Gasteiger partial charge in [-0.1, -0.05) is 23.7 Å². The molecule has 0 spiro atoms. The maximum absolute atomic E-state index is 13.1. The fourth-order valence-electron chi connectivity index (χ4n) is 1.98. The van der Waals surface area contributed by atoms with E-state index in [1.165, 1.54) is 18.2 Å². The number of carboxylic acid groups (broad SMARTS) is 1. The van der Waals surface area contributed by atoms with Crippen molar-refractivity contribution in [3.63, 3.8) is 0 Å². The summed E-state index contributed by atoms with van der Waals surface area (Å²) in [7, 11) is -4.16. The van der Waals surface area contributed by atoms with Crippen LogP contribution in [0.15, 0.2) is 47.4 Å². The first kappa shape index (κ1) is 19.5. The van der Waals surface area contributed by atoms with Crippen molar-refractivity contribution in [3.05, 3.63) is 58.9 Å². The number of sulfonamides is 1. The summed E-state index contributed by atoms with van der Waals surface area (Å²) in [4.78, 5) is 33.2. The average Bonchev–Trinajstić information content (AvgIpc) is 2.54. The number of carboxylic acids is 1. The van der Waals surface area contributed by atoms with Crippen molar-refractivity contribution < 1.29 is 32.3 Å². The Labute approximate surface area is 152 Å². The van der Waals surface area contributed by atoms with Crippen LogP contribution >= 0.6 is 11.6 Å². The van der Waals surface area contributed by atoms with Crippen molar-refractivity contribution >= 4 is 44.8 Å². The number of aliphatic carboxylic acids is 1. The molecule has 0 saturated heterocycles. The maximum Gasteiger partial charge on any atom is 0.372 e. The molecule has 2 aromatic carbocycles. The third kappa shape index (κ3) is 4.64. The largest absolute Gasteiger partial charge is 0.475 e. The summed E-state index contributed by atoms with van der Waals surface area (Å²) >= 11 is 5.74. The van der Waals surface area contributed by atoms with E-state index in [1.54, 1.807) is 0 Å². The molecule has 0 aliphatic rings. The lowest BCUT2D eigenvalue weighted by molar-refractivity contribution is -0.148. The number of Topliss-reactive ketones (excluding diaryl/α,β-unsaturated/α-hetero) is 2. The third-order valence-corrected chi connectivity index (χ3v) is 5.04. The zero-order valence-corrected chi connectivity index (χ0v) is 14.5. The fourth-order valence-corrected chi connectivity index (χ4v) is 3.56. The number of carbonyl (C=O) groups is 3. The minimum atomic E-state index is -4.16. The summed E-state index contributed by atoms with van der Waals surface area (Å²) in [6, 6.07) is 7.89. The molecule has 26 heavy (non-hydrogen) atoms. The second kappa shape index (κ2) is 7.63. The molecule has 0 atom stereocenters. The van der Waals surface area contributed by atoms with Gasteiger partial charge in [0.05, 0.1) is 11.4 Å². The standard InChI is InChI=1S/C16H11ClFNO6S/c17-12-7-10(18)4-5-15(12)26(24,25)19-11-3-1-2-9(6-11)13(20)8-14(21)16(22)23/h1-7,19H,8H2,(H,22,23). The van der Waals surface area contributed by atoms with Crippen LogP contribution in [0.2, 0.25) is 5.02 Å². The van der Waals surface area contributed by atoms with Gasteiger partial charge in [0.1, 0.15) is 10.7 Å². The molecular formula is C16H11ClFNO6S. The smallest absolute Gasteiger partial charge is 0.372 e. The number of hydrogen-bond donors (Lipinski definition) is 2. The van der Waals surface area contributed by atoms with Gasteiger partial charge in [0.15, 0.2) is 5.78 Å². The average molecular weight is 400 g/mol. The van der Waals surface area contributed by atoms with Crippen molar-refractivity contribution in [3.8, 4) is 0 Å². The van der Waals surface area contributed by atoms with Crippen molar-refractivity contribution in [1.29, 1.82) is 0 Å². The minimum absolute atomic E-state index is 0.0148. The van der Waals surface area contributed by atoms with Gasteiger partial charge in [-0.3, -0.25) is 14.3 Å². The van der Waals surface area contributed by atoms with Crippen molar-refractivity contribution in [2.75, 3.05) is 4.72 Å². The van der Waals surface area contributed by atoms with E-state index in [9.17, 15) is 27.2 Å². The van der Waals surface area contributed by atoms with Crippen LogP contribution in [0.1, 0.15) is 16.8 Å². The maximum atomic E-state index is 13.1. The molecule has 0 aromatic heterocycles. The molecule has 0 bridgehead atoms. The van der Waals surface area contributed by atoms with Crippen LogP contribution in [0.5, 0.6) is 0 Å². The zero-order chi connectivity index (χ0) is 19.5. The van der Waals surface area contributed by atoms with Crippen LogP contribution in [0, 0.1) is 5.82 Å². The Bertz CT molecular complexity index is 1010. The van der Waals surface area contributed by atoms with Crippen LogP contribution < -0.4 is 4.72 Å². The lowest BCUT2D eigenvalue weighted by Gasteiger charge is -2.10. The number of halogens is 2. The first-order valence-corrected chi connectivity index (χ1v) is 8.83. The Morgan fingerprint density at radius 2 is 1.81 bits per heavy atom. The lowest BCUT2D eigenvalue weighted by Crippen LogP contribution is -2.17. The molecule has 0 saturated carbocycles. The molecule has 10 heteroatoms. The molecule has 2 aromatic rings. The van der Waals surface area contributed by atoms with Crippen LogP contribution in [0.25, 0.3) is 0 Å². The molecule has 7 nitrogen and oxygen atoms in total. The number of carbonyl (C=O) groups excluding carboxylic acids is 2. The Balaban J connectivity index is 2.26. The molecule has 0 fully saturated rings. The highest BCUT2D eigenvalue weighted by atomic mass is 35.5. The SMILES string of the molecule is O=C(O)C(=O)CC(=O)c1cccc(NS(=O)(=O)c2ccc(F)cc2Cl)c1. The van der Waals surface area contributed by atoms with Crippen LogP contribution in [0.4, 0.5) is 10.1 Å². The van der Waals surface area contributed by atoms with Gasteiger partial charge in [-0.25, -0.2) is 17.6 Å². The molecule has 136 valence electrons. The van der Waals surface area contributed by atoms with Gasteiger partial charge in [0.2, 0.25) is 5.78 Å². The van der Waals surface area contributed by atoms with Crippen LogP contribution in [-0.4, -0.2) is 31.1 Å². The van der Waals surface area contributed by atoms with E-state index in [0.717, 1.165) is 24.3 Å². The molecule has 0 unspecified atom stereocenters. The van der Waals surface area contributed by atoms with Gasteiger partial charge < -0.3 is 5.11 Å². The summed E-state index contributed by atoms with van der Waals surface area (Å²) in [6.45, 7) is 0. The highest BCUT2D eigenvalue weighted by Gasteiger charge is 2.21. The fraction of sp³-hybridized carbons (Fsp3) is 0.0625. The van der Waals surface area contributed by atoms with E-state index in [2.05, 4.69) is 4.72 Å². The van der Waals surface area contributed by atoms with Gasteiger partial charge in [0.25, 0.3) is 10.0 Å². The highest BCUT2D eigenvalue weighted by Crippen LogP contribution is 2.25. The normalized spacial score (nSPS) is 11.0. The highest BCUT2D eigenvalue weighted by molar-refractivity contribution is 7.92. The van der Waals surface area contributed by atoms with Crippen LogP contribution in [0.3, 0.4) is 0 Å². The molecule has 2 N–H and O–H groups in total. The molecule has 0 heterocycles. The van der Waals surface area contributed by atoms with E-state index in [4.69, 9.17) is 16.7 Å². The predicted molar refractivity (Wildman–Crippen MR) is 90.3 cm³/mol. The van der Waals surface area contributed by atoms with E-state index in [-0.39, 0.29) is 21.2 Å². The van der Waals surface area contributed by atoms with Crippen molar-refractivity contribution in [2.24, 2.45) is 0 Å². The second-order valence-electron chi connectivity index (χ2n) is 5.09. The predicted octanol–water partition coefficient (Wildman–Crippen LogP) is 2.51. The summed E-state index contributed by atoms with van der Waals surface area (Å²) in [5, 5.41) is 8.20. The first-order chi connectivity index (χ1) is 12.1. The molecule has 0 radical (unpaired) electrons. The third-order valence-electron chi connectivity index (χ3n) is 3.18. The van der Waals surface area contributed by atoms with Gasteiger partial charge in [-0.2, -0.15) is 0 Å². The minimum Gasteiger partial charge on any atom is -0.475 e. The van der Waals surface area contributed by atoms with Crippen molar-refractivity contribution in [2.45, 2.75) is 11.3 Å². The lowest BCUT2D eigenvalue weighted by atomic mass is 10.1. The molecular weight excluding hydrogens is 389 g/mol. The summed E-state index contributed by atoms with van der Waals surface area (Å²) in [6.07, 6.45) is -0.852. The number of ketones is 2. The monoisotopic (exact) mass is 399 g/mol. The van der Waals surface area contributed by atoms with Gasteiger partial charge in [-0.15, -0.1) is 0 Å². The van der Waals surface area contributed by atoms with Gasteiger partial charge in [-0.05, 0) is 30.3 Å². The first-order valence-electron chi connectivity index (χ1n) is 6.97. The Kier molecular flexibility index (Phi) is 5.73. The molecule has 0 aliphatic carbocycles. The summed E-state index contributed by atoms with van der Waals surface area (Å²) in [5.41, 5.74) is -0.0657. The van der Waals surface area contributed by atoms with E-state index < -0.39 is 39.8 Å². The number of benzene rings is 2. The summed E-state index contributed by atoms with van der Waals surface area (Å²) < 4.78 is 39.9. The summed E-state index contributed by atoms with van der Waals surface area (Å²) in [5.74, 6) is -4.50. The molecule has 0 amide bonds. The topological polar surface area (TPSA) is 118 Å². The number of hydrogen-bond acceptors (Lipinski definition) is 5.